The molecule has 0 aromatic carbocycles. The number of halogens is 2. The van der Waals surface area contributed by atoms with Crippen LogP contribution in [0.4, 0.5) is 0 Å². The van der Waals surface area contributed by atoms with E-state index in [2.05, 4.69) is 15.4 Å². The molecular weight excluding hydrogens is 201 g/mol. The lowest BCUT2D eigenvalue weighted by atomic mass is 10.4. The van der Waals surface area contributed by atoms with Gasteiger partial charge in [-0.1, -0.05) is 11.6 Å². The standard InChI is InChI=1S/C5H8ClN5.ClH/c1-11(2)5(7)3-4(6)9-10-8-3;/h7H,1-2H3,(H,8,9,10);1H. The molecule has 0 spiro atoms. The molecule has 2 N–H and O–H groups in total. The van der Waals surface area contributed by atoms with E-state index in [4.69, 9.17) is 17.0 Å². The van der Waals surface area contributed by atoms with Gasteiger partial charge < -0.3 is 4.90 Å². The van der Waals surface area contributed by atoms with Gasteiger partial charge in [0.25, 0.3) is 0 Å². The summed E-state index contributed by atoms with van der Waals surface area (Å²) in [6, 6.07) is 0. The Bertz CT molecular complexity index is 269. The fourth-order valence-electron chi connectivity index (χ4n) is 0.580. The van der Waals surface area contributed by atoms with Crippen LogP contribution in [0.25, 0.3) is 0 Å². The second-order valence-corrected chi connectivity index (χ2v) is 2.56. The number of H-pyrrole nitrogens is 1. The molecule has 1 heterocycles. The third-order valence-electron chi connectivity index (χ3n) is 1.18. The van der Waals surface area contributed by atoms with Crippen molar-refractivity contribution >= 4 is 29.8 Å². The fraction of sp³-hybridized carbons (Fsp3) is 0.400. The SMILES string of the molecule is CN(C)C(=N)c1n[nH]nc1Cl.Cl. The maximum absolute atomic E-state index is 7.46. The average molecular weight is 210 g/mol. The summed E-state index contributed by atoms with van der Waals surface area (Å²) in [6.45, 7) is 0. The smallest absolute Gasteiger partial charge is 0.182 e. The number of rotatable bonds is 1. The van der Waals surface area contributed by atoms with Gasteiger partial charge in [0.1, 0.15) is 0 Å². The van der Waals surface area contributed by atoms with Crippen molar-refractivity contribution in [1.29, 1.82) is 5.41 Å². The summed E-state index contributed by atoms with van der Waals surface area (Å²) in [5.74, 6) is 0.240. The van der Waals surface area contributed by atoms with Gasteiger partial charge in [0, 0.05) is 14.1 Å². The first-order valence-electron chi connectivity index (χ1n) is 2.95. The lowest BCUT2D eigenvalue weighted by molar-refractivity contribution is 0.616. The summed E-state index contributed by atoms with van der Waals surface area (Å²) >= 11 is 5.61. The van der Waals surface area contributed by atoms with Crippen molar-refractivity contribution in [2.24, 2.45) is 0 Å². The minimum absolute atomic E-state index is 0. The van der Waals surface area contributed by atoms with Crippen molar-refractivity contribution in [2.75, 3.05) is 14.1 Å². The van der Waals surface area contributed by atoms with Gasteiger partial charge in [0.05, 0.1) is 0 Å². The Hall–Kier alpha value is -0.810. The number of aromatic amines is 1. The Labute approximate surface area is 81.0 Å². The predicted molar refractivity (Wildman–Crippen MR) is 49.2 cm³/mol. The second kappa shape index (κ2) is 4.27. The number of amidine groups is 1. The van der Waals surface area contributed by atoms with Gasteiger partial charge in [-0.3, -0.25) is 5.41 Å². The Balaban J connectivity index is 0.00000121. The molecule has 0 aliphatic carbocycles. The van der Waals surface area contributed by atoms with E-state index >= 15 is 0 Å². The zero-order chi connectivity index (χ0) is 8.43. The molecule has 1 aromatic heterocycles. The molecule has 0 unspecified atom stereocenters. The molecule has 0 saturated carbocycles. The molecule has 12 heavy (non-hydrogen) atoms. The van der Waals surface area contributed by atoms with Crippen LogP contribution in [0.3, 0.4) is 0 Å². The molecule has 0 radical (unpaired) electrons. The molecule has 0 aliphatic heterocycles. The van der Waals surface area contributed by atoms with E-state index in [1.165, 1.54) is 0 Å². The number of nitrogens with zero attached hydrogens (tertiary/aromatic N) is 3. The van der Waals surface area contributed by atoms with Crippen molar-refractivity contribution in [1.82, 2.24) is 20.3 Å². The van der Waals surface area contributed by atoms with Crippen LogP contribution in [0.2, 0.25) is 5.15 Å². The Morgan fingerprint density at radius 3 is 2.42 bits per heavy atom. The Morgan fingerprint density at radius 2 is 2.08 bits per heavy atom. The number of hydrogen-bond donors (Lipinski definition) is 2. The normalized spacial score (nSPS) is 8.92. The number of aromatic nitrogens is 3. The molecule has 1 rings (SSSR count). The lowest BCUT2D eigenvalue weighted by Gasteiger charge is -2.09. The van der Waals surface area contributed by atoms with E-state index in [1.807, 2.05) is 0 Å². The van der Waals surface area contributed by atoms with Crippen LogP contribution in [0.15, 0.2) is 0 Å². The predicted octanol–water partition coefficient (Wildman–Crippen LogP) is 0.767. The molecular formula is C5H9Cl2N5. The average Bonchev–Trinajstić information content (AvgIpc) is 2.33. The first-order valence-corrected chi connectivity index (χ1v) is 3.33. The van der Waals surface area contributed by atoms with Crippen LogP contribution in [0.5, 0.6) is 0 Å². The van der Waals surface area contributed by atoms with E-state index in [1.54, 1.807) is 19.0 Å². The number of hydrogen-bond acceptors (Lipinski definition) is 3. The zero-order valence-electron chi connectivity index (χ0n) is 6.63. The second-order valence-electron chi connectivity index (χ2n) is 2.21. The lowest BCUT2D eigenvalue weighted by Crippen LogP contribution is -2.22. The third kappa shape index (κ3) is 2.09. The molecule has 68 valence electrons. The summed E-state index contributed by atoms with van der Waals surface area (Å²) < 4.78 is 0. The van der Waals surface area contributed by atoms with E-state index in [0.29, 0.717) is 5.69 Å². The van der Waals surface area contributed by atoms with Crippen LogP contribution in [-0.2, 0) is 0 Å². The molecule has 0 amide bonds. The maximum Gasteiger partial charge on any atom is 0.182 e. The summed E-state index contributed by atoms with van der Waals surface area (Å²) in [4.78, 5) is 1.60. The van der Waals surface area contributed by atoms with E-state index in [-0.39, 0.29) is 23.4 Å². The zero-order valence-corrected chi connectivity index (χ0v) is 8.20. The van der Waals surface area contributed by atoms with Crippen LogP contribution >= 0.6 is 24.0 Å². The van der Waals surface area contributed by atoms with Gasteiger partial charge in [-0.2, -0.15) is 10.3 Å². The van der Waals surface area contributed by atoms with Crippen LogP contribution in [-0.4, -0.2) is 40.2 Å². The Kier molecular flexibility index (Phi) is 3.99. The fourth-order valence-corrected chi connectivity index (χ4v) is 0.750. The molecule has 7 heteroatoms. The van der Waals surface area contributed by atoms with Crippen molar-refractivity contribution in [3.8, 4) is 0 Å². The summed E-state index contributed by atoms with van der Waals surface area (Å²) in [5, 5.41) is 17.3. The van der Waals surface area contributed by atoms with Gasteiger partial charge in [-0.25, -0.2) is 0 Å². The van der Waals surface area contributed by atoms with Crippen molar-refractivity contribution in [3.05, 3.63) is 10.8 Å². The van der Waals surface area contributed by atoms with Gasteiger partial charge in [0.2, 0.25) is 0 Å². The highest BCUT2D eigenvalue weighted by Gasteiger charge is 2.11. The maximum atomic E-state index is 7.46. The van der Waals surface area contributed by atoms with Gasteiger partial charge in [-0.05, 0) is 0 Å². The van der Waals surface area contributed by atoms with Gasteiger partial charge in [0.15, 0.2) is 16.7 Å². The highest BCUT2D eigenvalue weighted by atomic mass is 35.5. The van der Waals surface area contributed by atoms with Crippen molar-refractivity contribution < 1.29 is 0 Å². The quantitative estimate of drug-likeness (QED) is 0.531. The molecule has 0 atom stereocenters. The third-order valence-corrected chi connectivity index (χ3v) is 1.44. The van der Waals surface area contributed by atoms with E-state index in [0.717, 1.165) is 0 Å². The highest BCUT2D eigenvalue weighted by Crippen LogP contribution is 2.08. The first-order chi connectivity index (χ1) is 5.13. The highest BCUT2D eigenvalue weighted by molar-refractivity contribution is 6.32. The number of nitrogens with one attached hydrogen (secondary N) is 2. The molecule has 0 bridgehead atoms. The molecule has 0 aliphatic rings. The Morgan fingerprint density at radius 1 is 1.50 bits per heavy atom. The van der Waals surface area contributed by atoms with E-state index in [9.17, 15) is 0 Å². The van der Waals surface area contributed by atoms with Crippen LogP contribution < -0.4 is 0 Å². The van der Waals surface area contributed by atoms with Crippen molar-refractivity contribution in [2.45, 2.75) is 0 Å². The minimum Gasteiger partial charge on any atom is -0.361 e. The van der Waals surface area contributed by atoms with Crippen molar-refractivity contribution in [3.63, 3.8) is 0 Å². The van der Waals surface area contributed by atoms with Gasteiger partial charge >= 0.3 is 0 Å². The topological polar surface area (TPSA) is 68.7 Å². The minimum atomic E-state index is 0. The summed E-state index contributed by atoms with van der Waals surface area (Å²) in [5.41, 5.74) is 0.372. The van der Waals surface area contributed by atoms with Crippen LogP contribution in [0.1, 0.15) is 5.69 Å². The first kappa shape index (κ1) is 11.2. The molecule has 5 nitrogen and oxygen atoms in total. The molecule has 0 saturated heterocycles. The summed E-state index contributed by atoms with van der Waals surface area (Å²) in [7, 11) is 3.49. The van der Waals surface area contributed by atoms with Crippen LogP contribution in [0, 0.1) is 5.41 Å². The largest absolute Gasteiger partial charge is 0.361 e. The van der Waals surface area contributed by atoms with E-state index < -0.39 is 0 Å². The molecule has 1 aromatic rings. The summed E-state index contributed by atoms with van der Waals surface area (Å²) in [6.07, 6.45) is 0. The van der Waals surface area contributed by atoms with Gasteiger partial charge in [-0.15, -0.1) is 17.5 Å². The monoisotopic (exact) mass is 209 g/mol. The molecule has 0 fully saturated rings.